The molecule has 144 valence electrons. The van der Waals surface area contributed by atoms with Gasteiger partial charge in [-0.15, -0.1) is 0 Å². The van der Waals surface area contributed by atoms with Crippen LogP contribution in [-0.4, -0.2) is 23.1 Å². The minimum atomic E-state index is 0.567. The van der Waals surface area contributed by atoms with Gasteiger partial charge in [0.2, 0.25) is 5.95 Å². The van der Waals surface area contributed by atoms with E-state index in [-0.39, 0.29) is 0 Å². The zero-order valence-electron chi connectivity index (χ0n) is 16.2. The van der Waals surface area contributed by atoms with Crippen molar-refractivity contribution < 1.29 is 4.74 Å². The monoisotopic (exact) mass is 374 g/mol. The van der Waals surface area contributed by atoms with E-state index in [1.807, 2.05) is 54.7 Å². The Balaban J connectivity index is 1.37. The second kappa shape index (κ2) is 8.74. The van der Waals surface area contributed by atoms with Crippen molar-refractivity contribution in [3.05, 3.63) is 72.4 Å². The third-order valence-corrected chi connectivity index (χ3v) is 4.96. The fraction of sp³-hybridized carbons (Fsp3) is 0.304. The summed E-state index contributed by atoms with van der Waals surface area (Å²) in [7, 11) is 0. The van der Waals surface area contributed by atoms with E-state index in [0.717, 1.165) is 41.9 Å². The van der Waals surface area contributed by atoms with Gasteiger partial charge in [0, 0.05) is 25.0 Å². The Kier molecular flexibility index (Phi) is 5.71. The zero-order chi connectivity index (χ0) is 19.2. The lowest BCUT2D eigenvalue weighted by Crippen LogP contribution is -2.35. The molecule has 0 saturated carbocycles. The van der Waals surface area contributed by atoms with Crippen molar-refractivity contribution in [3.8, 4) is 5.75 Å². The standard InChI is InChI=1S/C23H26N4O/c1-18-6-5-15-27(16-18)23-24-14-13-22(26-23)25-20-9-11-21(12-10-20)28-17-19-7-3-2-4-8-19/h2-4,7-14,18H,5-6,15-17H2,1H3,(H,24,25,26). The summed E-state index contributed by atoms with van der Waals surface area (Å²) in [5.41, 5.74) is 2.13. The minimum absolute atomic E-state index is 0.567. The molecule has 5 heteroatoms. The number of hydrogen-bond donors (Lipinski definition) is 1. The number of hydrogen-bond acceptors (Lipinski definition) is 5. The maximum Gasteiger partial charge on any atom is 0.227 e. The molecule has 1 aromatic heterocycles. The Labute approximate surface area is 166 Å². The largest absolute Gasteiger partial charge is 0.489 e. The van der Waals surface area contributed by atoms with Gasteiger partial charge >= 0.3 is 0 Å². The first-order chi connectivity index (χ1) is 13.8. The highest BCUT2D eigenvalue weighted by Crippen LogP contribution is 2.23. The number of nitrogens with one attached hydrogen (secondary N) is 1. The molecule has 4 rings (SSSR count). The Bertz CT molecular complexity index is 883. The fourth-order valence-electron chi connectivity index (χ4n) is 3.46. The number of rotatable bonds is 6. The van der Waals surface area contributed by atoms with E-state index in [1.54, 1.807) is 0 Å². The van der Waals surface area contributed by atoms with Crippen molar-refractivity contribution in [1.82, 2.24) is 9.97 Å². The van der Waals surface area contributed by atoms with Gasteiger partial charge in [0.15, 0.2) is 0 Å². The molecule has 1 aliphatic rings. The second-order valence-corrected chi connectivity index (χ2v) is 7.36. The van der Waals surface area contributed by atoms with Crippen LogP contribution in [0.4, 0.5) is 17.5 Å². The summed E-state index contributed by atoms with van der Waals surface area (Å²) in [5, 5.41) is 3.36. The number of benzene rings is 2. The van der Waals surface area contributed by atoms with E-state index in [0.29, 0.717) is 12.5 Å². The number of nitrogens with zero attached hydrogens (tertiary/aromatic N) is 3. The van der Waals surface area contributed by atoms with Crippen LogP contribution < -0.4 is 15.0 Å². The van der Waals surface area contributed by atoms with Crippen LogP contribution in [0.3, 0.4) is 0 Å². The van der Waals surface area contributed by atoms with Crippen LogP contribution in [0, 0.1) is 5.92 Å². The smallest absolute Gasteiger partial charge is 0.227 e. The highest BCUT2D eigenvalue weighted by atomic mass is 16.5. The summed E-state index contributed by atoms with van der Waals surface area (Å²) >= 11 is 0. The summed E-state index contributed by atoms with van der Waals surface area (Å²) in [6, 6.07) is 20.0. The predicted molar refractivity (Wildman–Crippen MR) is 113 cm³/mol. The lowest BCUT2D eigenvalue weighted by Gasteiger charge is -2.30. The van der Waals surface area contributed by atoms with Gasteiger partial charge in [-0.05, 0) is 54.7 Å². The van der Waals surface area contributed by atoms with Crippen LogP contribution in [0.2, 0.25) is 0 Å². The third kappa shape index (κ3) is 4.80. The van der Waals surface area contributed by atoms with Gasteiger partial charge in [0.25, 0.3) is 0 Å². The van der Waals surface area contributed by atoms with Gasteiger partial charge in [0.05, 0.1) is 0 Å². The van der Waals surface area contributed by atoms with E-state index in [4.69, 9.17) is 9.72 Å². The number of anilines is 3. The molecule has 3 aromatic rings. The molecular weight excluding hydrogens is 348 g/mol. The molecule has 1 saturated heterocycles. The van der Waals surface area contributed by atoms with Gasteiger partial charge in [0.1, 0.15) is 18.2 Å². The van der Waals surface area contributed by atoms with Crippen LogP contribution in [-0.2, 0) is 6.61 Å². The Morgan fingerprint density at radius 3 is 2.68 bits per heavy atom. The van der Waals surface area contributed by atoms with Gasteiger partial charge in [-0.3, -0.25) is 0 Å². The van der Waals surface area contributed by atoms with Gasteiger partial charge < -0.3 is 15.0 Å². The maximum atomic E-state index is 5.85. The Hall–Kier alpha value is -3.08. The van der Waals surface area contributed by atoms with E-state index in [2.05, 4.69) is 34.3 Å². The Morgan fingerprint density at radius 1 is 1.07 bits per heavy atom. The predicted octanol–water partition coefficient (Wildman–Crippen LogP) is 5.04. The quantitative estimate of drug-likeness (QED) is 0.655. The number of piperidine rings is 1. The van der Waals surface area contributed by atoms with E-state index < -0.39 is 0 Å². The molecule has 0 bridgehead atoms. The summed E-state index contributed by atoms with van der Waals surface area (Å²) in [5.74, 6) is 3.15. The minimum Gasteiger partial charge on any atom is -0.489 e. The molecule has 1 atom stereocenters. The molecular formula is C23H26N4O. The lowest BCUT2D eigenvalue weighted by atomic mass is 10.0. The van der Waals surface area contributed by atoms with Crippen molar-refractivity contribution in [3.63, 3.8) is 0 Å². The van der Waals surface area contributed by atoms with E-state index >= 15 is 0 Å². The molecule has 1 aliphatic heterocycles. The molecule has 0 aliphatic carbocycles. The summed E-state index contributed by atoms with van der Waals surface area (Å²) < 4.78 is 5.85. The molecule has 1 N–H and O–H groups in total. The molecule has 0 spiro atoms. The van der Waals surface area contributed by atoms with Gasteiger partial charge in [-0.2, -0.15) is 4.98 Å². The first-order valence-electron chi connectivity index (χ1n) is 9.88. The molecule has 2 aromatic carbocycles. The van der Waals surface area contributed by atoms with Crippen molar-refractivity contribution >= 4 is 17.5 Å². The molecule has 1 fully saturated rings. The topological polar surface area (TPSA) is 50.3 Å². The number of aromatic nitrogens is 2. The van der Waals surface area contributed by atoms with Crippen LogP contribution in [0.1, 0.15) is 25.3 Å². The lowest BCUT2D eigenvalue weighted by molar-refractivity contribution is 0.306. The van der Waals surface area contributed by atoms with Crippen LogP contribution >= 0.6 is 0 Å². The van der Waals surface area contributed by atoms with E-state index in [1.165, 1.54) is 12.8 Å². The summed E-state index contributed by atoms with van der Waals surface area (Å²) in [6.45, 7) is 4.91. The van der Waals surface area contributed by atoms with Crippen molar-refractivity contribution in [2.75, 3.05) is 23.3 Å². The molecule has 1 unspecified atom stereocenters. The third-order valence-electron chi connectivity index (χ3n) is 4.96. The molecule has 2 heterocycles. The normalized spacial score (nSPS) is 16.6. The van der Waals surface area contributed by atoms with Crippen molar-refractivity contribution in [2.24, 2.45) is 5.92 Å². The van der Waals surface area contributed by atoms with E-state index in [9.17, 15) is 0 Å². The molecule has 5 nitrogen and oxygen atoms in total. The molecule has 0 amide bonds. The van der Waals surface area contributed by atoms with Crippen LogP contribution in [0.5, 0.6) is 5.75 Å². The zero-order valence-corrected chi connectivity index (χ0v) is 16.2. The average Bonchev–Trinajstić information content (AvgIpc) is 2.74. The second-order valence-electron chi connectivity index (χ2n) is 7.36. The maximum absolute atomic E-state index is 5.85. The SMILES string of the molecule is CC1CCCN(c2nccc(Nc3ccc(OCc4ccccc4)cc3)n2)C1. The first kappa shape index (κ1) is 18.3. The van der Waals surface area contributed by atoms with Gasteiger partial charge in [-0.1, -0.05) is 37.3 Å². The highest BCUT2D eigenvalue weighted by molar-refractivity contribution is 5.58. The van der Waals surface area contributed by atoms with Crippen LogP contribution in [0.15, 0.2) is 66.9 Å². The van der Waals surface area contributed by atoms with Crippen molar-refractivity contribution in [1.29, 1.82) is 0 Å². The Morgan fingerprint density at radius 2 is 1.89 bits per heavy atom. The molecule has 28 heavy (non-hydrogen) atoms. The van der Waals surface area contributed by atoms with Crippen molar-refractivity contribution in [2.45, 2.75) is 26.4 Å². The summed E-state index contributed by atoms with van der Waals surface area (Å²) in [4.78, 5) is 11.4. The average molecular weight is 374 g/mol. The summed E-state index contributed by atoms with van der Waals surface area (Å²) in [6.07, 6.45) is 4.31. The van der Waals surface area contributed by atoms with Crippen LogP contribution in [0.25, 0.3) is 0 Å². The number of ether oxygens (including phenoxy) is 1. The molecule has 0 radical (unpaired) electrons. The first-order valence-corrected chi connectivity index (χ1v) is 9.88. The van der Waals surface area contributed by atoms with Gasteiger partial charge in [-0.25, -0.2) is 4.98 Å². The highest BCUT2D eigenvalue weighted by Gasteiger charge is 2.18. The fourth-order valence-corrected chi connectivity index (χ4v) is 3.46.